The van der Waals surface area contributed by atoms with Gasteiger partial charge < -0.3 is 10.1 Å². The molecule has 2 heterocycles. The molecule has 0 aliphatic carbocycles. The van der Waals surface area contributed by atoms with Crippen LogP contribution in [0.15, 0.2) is 59.5 Å². The molecule has 0 saturated carbocycles. The molecule has 1 unspecified atom stereocenters. The fraction of sp³-hybridized carbons (Fsp3) is 0.286. The van der Waals surface area contributed by atoms with Gasteiger partial charge in [-0.05, 0) is 37.1 Å². The molecule has 1 aliphatic heterocycles. The van der Waals surface area contributed by atoms with Crippen molar-refractivity contribution in [1.82, 2.24) is 14.5 Å². The van der Waals surface area contributed by atoms with E-state index in [-0.39, 0.29) is 17.3 Å². The van der Waals surface area contributed by atoms with Gasteiger partial charge in [0.1, 0.15) is 10.8 Å². The molecule has 1 amide bonds. The van der Waals surface area contributed by atoms with Crippen LogP contribution in [0.3, 0.4) is 0 Å². The summed E-state index contributed by atoms with van der Waals surface area (Å²) in [6.45, 7) is 0.514. The van der Waals surface area contributed by atoms with Crippen molar-refractivity contribution in [3.63, 3.8) is 0 Å². The van der Waals surface area contributed by atoms with Gasteiger partial charge in [0.2, 0.25) is 21.1 Å². The van der Waals surface area contributed by atoms with Crippen LogP contribution in [-0.4, -0.2) is 49.0 Å². The number of carbonyl (C=O) groups is 1. The Balaban J connectivity index is 1.43. The zero-order chi connectivity index (χ0) is 21.8. The van der Waals surface area contributed by atoms with Gasteiger partial charge in [0.05, 0.1) is 17.9 Å². The molecular formula is C21H22N4O4S2. The minimum atomic E-state index is -3.69. The number of hydrogen-bond donors (Lipinski definition) is 1. The standard InChI is InChI=1S/C21H22N4O4S2/c1-29-17-9-11-18(12-10-17)31(27,28)25-13-5-8-16(14-25)19(26)22-21-24-23-20(30-21)15-6-3-2-4-7-15/h2-4,6-7,9-12,16H,5,8,13-14H2,1H3,(H,22,24,26). The highest BCUT2D eigenvalue weighted by molar-refractivity contribution is 7.89. The van der Waals surface area contributed by atoms with E-state index < -0.39 is 15.9 Å². The number of nitrogens with zero attached hydrogens (tertiary/aromatic N) is 3. The van der Waals surface area contributed by atoms with Gasteiger partial charge >= 0.3 is 0 Å². The molecule has 0 bridgehead atoms. The molecule has 0 spiro atoms. The third-order valence-corrected chi connectivity index (χ3v) is 7.90. The molecule has 0 radical (unpaired) electrons. The maximum absolute atomic E-state index is 13.0. The Morgan fingerprint density at radius 3 is 2.58 bits per heavy atom. The maximum Gasteiger partial charge on any atom is 0.243 e. The van der Waals surface area contributed by atoms with Gasteiger partial charge in [-0.3, -0.25) is 4.79 Å². The van der Waals surface area contributed by atoms with E-state index in [2.05, 4.69) is 15.5 Å². The lowest BCUT2D eigenvalue weighted by Gasteiger charge is -2.31. The Bertz CT molecular complexity index is 1150. The second kappa shape index (κ2) is 9.13. The van der Waals surface area contributed by atoms with Crippen LogP contribution in [0.2, 0.25) is 0 Å². The third-order valence-electron chi connectivity index (χ3n) is 5.13. The van der Waals surface area contributed by atoms with Crippen LogP contribution in [0.25, 0.3) is 10.6 Å². The lowest BCUT2D eigenvalue weighted by molar-refractivity contribution is -0.120. The number of carbonyl (C=O) groups excluding carboxylic acids is 1. The van der Waals surface area contributed by atoms with Crippen LogP contribution in [0, 0.1) is 5.92 Å². The third kappa shape index (κ3) is 4.76. The van der Waals surface area contributed by atoms with E-state index in [9.17, 15) is 13.2 Å². The van der Waals surface area contributed by atoms with Crippen molar-refractivity contribution in [3.8, 4) is 16.3 Å². The van der Waals surface area contributed by atoms with Crippen molar-refractivity contribution in [2.24, 2.45) is 5.92 Å². The smallest absolute Gasteiger partial charge is 0.243 e. The fourth-order valence-electron chi connectivity index (χ4n) is 3.45. The van der Waals surface area contributed by atoms with Gasteiger partial charge in [-0.1, -0.05) is 41.7 Å². The summed E-state index contributed by atoms with van der Waals surface area (Å²) in [5.74, 6) is -0.113. The lowest BCUT2D eigenvalue weighted by Crippen LogP contribution is -2.43. The van der Waals surface area contributed by atoms with Crippen molar-refractivity contribution in [2.45, 2.75) is 17.7 Å². The maximum atomic E-state index is 13.0. The molecular weight excluding hydrogens is 436 g/mol. The van der Waals surface area contributed by atoms with Gasteiger partial charge in [-0.15, -0.1) is 10.2 Å². The summed E-state index contributed by atoms with van der Waals surface area (Å²) in [6, 6.07) is 15.9. The molecule has 1 atom stereocenters. The van der Waals surface area contributed by atoms with E-state index in [0.29, 0.717) is 35.3 Å². The first kappa shape index (κ1) is 21.4. The molecule has 162 valence electrons. The molecule has 1 aromatic heterocycles. The lowest BCUT2D eigenvalue weighted by atomic mass is 9.99. The largest absolute Gasteiger partial charge is 0.497 e. The van der Waals surface area contributed by atoms with Gasteiger partial charge in [0.25, 0.3) is 0 Å². The van der Waals surface area contributed by atoms with Crippen LogP contribution in [0.5, 0.6) is 5.75 Å². The van der Waals surface area contributed by atoms with Crippen molar-refractivity contribution >= 4 is 32.4 Å². The molecule has 1 N–H and O–H groups in total. The number of anilines is 1. The average Bonchev–Trinajstić information content (AvgIpc) is 3.28. The summed E-state index contributed by atoms with van der Waals surface area (Å²) >= 11 is 1.29. The number of amides is 1. The Morgan fingerprint density at radius 2 is 1.87 bits per heavy atom. The molecule has 3 aromatic rings. The SMILES string of the molecule is COc1ccc(S(=O)(=O)N2CCCC(C(=O)Nc3nnc(-c4ccccc4)s3)C2)cc1. The van der Waals surface area contributed by atoms with Gasteiger partial charge in [-0.2, -0.15) is 4.31 Å². The topological polar surface area (TPSA) is 101 Å². The van der Waals surface area contributed by atoms with E-state index in [1.54, 1.807) is 12.1 Å². The second-order valence-electron chi connectivity index (χ2n) is 7.15. The van der Waals surface area contributed by atoms with E-state index >= 15 is 0 Å². The summed E-state index contributed by atoms with van der Waals surface area (Å²) < 4.78 is 32.5. The molecule has 31 heavy (non-hydrogen) atoms. The van der Waals surface area contributed by atoms with Crippen LogP contribution in [-0.2, 0) is 14.8 Å². The molecule has 10 heteroatoms. The zero-order valence-corrected chi connectivity index (χ0v) is 18.5. The quantitative estimate of drug-likeness (QED) is 0.608. The molecule has 1 saturated heterocycles. The summed E-state index contributed by atoms with van der Waals surface area (Å²) in [6.07, 6.45) is 1.23. The molecule has 1 fully saturated rings. The van der Waals surface area contributed by atoms with E-state index in [0.717, 1.165) is 5.56 Å². The Morgan fingerprint density at radius 1 is 1.13 bits per heavy atom. The zero-order valence-electron chi connectivity index (χ0n) is 16.9. The van der Waals surface area contributed by atoms with Gasteiger partial charge in [0, 0.05) is 18.7 Å². The molecule has 4 rings (SSSR count). The minimum Gasteiger partial charge on any atom is -0.497 e. The number of sulfonamides is 1. The number of benzene rings is 2. The normalized spacial score (nSPS) is 17.3. The van der Waals surface area contributed by atoms with E-state index in [1.165, 1.54) is 34.9 Å². The minimum absolute atomic E-state index is 0.130. The highest BCUT2D eigenvalue weighted by Crippen LogP contribution is 2.28. The number of hydrogen-bond acceptors (Lipinski definition) is 7. The average molecular weight is 459 g/mol. The molecule has 8 nitrogen and oxygen atoms in total. The highest BCUT2D eigenvalue weighted by Gasteiger charge is 2.33. The monoisotopic (exact) mass is 458 g/mol. The molecule has 2 aromatic carbocycles. The highest BCUT2D eigenvalue weighted by atomic mass is 32.2. The number of methoxy groups -OCH3 is 1. The summed E-state index contributed by atoms with van der Waals surface area (Å²) in [5.41, 5.74) is 0.926. The van der Waals surface area contributed by atoms with Crippen molar-refractivity contribution < 1.29 is 17.9 Å². The van der Waals surface area contributed by atoms with E-state index in [4.69, 9.17) is 4.74 Å². The van der Waals surface area contributed by atoms with Gasteiger partial charge in [0.15, 0.2) is 0 Å². The van der Waals surface area contributed by atoms with Crippen molar-refractivity contribution in [1.29, 1.82) is 0 Å². The van der Waals surface area contributed by atoms with Crippen LogP contribution in [0.4, 0.5) is 5.13 Å². The number of piperidine rings is 1. The first-order valence-electron chi connectivity index (χ1n) is 9.81. The first-order valence-corrected chi connectivity index (χ1v) is 12.1. The number of rotatable bonds is 6. The number of nitrogens with one attached hydrogen (secondary N) is 1. The van der Waals surface area contributed by atoms with Gasteiger partial charge in [-0.25, -0.2) is 8.42 Å². The summed E-state index contributed by atoms with van der Waals surface area (Å²) in [5, 5.41) is 12.1. The number of aromatic nitrogens is 2. The Kier molecular flexibility index (Phi) is 6.30. The summed E-state index contributed by atoms with van der Waals surface area (Å²) in [7, 11) is -2.16. The Labute approximate surface area is 184 Å². The van der Waals surface area contributed by atoms with Crippen LogP contribution in [0.1, 0.15) is 12.8 Å². The van der Waals surface area contributed by atoms with Crippen molar-refractivity contribution in [3.05, 3.63) is 54.6 Å². The first-order chi connectivity index (χ1) is 15.0. The van der Waals surface area contributed by atoms with Crippen LogP contribution >= 0.6 is 11.3 Å². The fourth-order valence-corrected chi connectivity index (χ4v) is 5.73. The predicted octanol–water partition coefficient (Wildman–Crippen LogP) is 3.25. The molecule has 1 aliphatic rings. The number of ether oxygens (including phenoxy) is 1. The second-order valence-corrected chi connectivity index (χ2v) is 10.1. The van der Waals surface area contributed by atoms with Crippen molar-refractivity contribution in [2.75, 3.05) is 25.5 Å². The predicted molar refractivity (Wildman–Crippen MR) is 118 cm³/mol. The summed E-state index contributed by atoms with van der Waals surface area (Å²) in [4.78, 5) is 13.0. The van der Waals surface area contributed by atoms with E-state index in [1.807, 2.05) is 30.3 Å². The van der Waals surface area contributed by atoms with Crippen LogP contribution < -0.4 is 10.1 Å². The Hall–Kier alpha value is -2.82.